The standard InChI is InChI=1S/C21H46AsN.C2H4O2/c1-2-3-4-5-6-7-8-9-10-11-12-13-14-15-16-17-19-22-20-18-21-23;1-2(3)4/h22H,2-21,23H2,1H3;1H3,(H,3,4). The van der Waals surface area contributed by atoms with Crippen molar-refractivity contribution >= 4 is 21.7 Å². The van der Waals surface area contributed by atoms with Crippen LogP contribution >= 0.6 is 0 Å². The molecule has 0 radical (unpaired) electrons. The monoisotopic (exact) mass is 447 g/mol. The van der Waals surface area contributed by atoms with Crippen molar-refractivity contribution in [2.24, 2.45) is 5.73 Å². The second-order valence-corrected chi connectivity index (χ2v) is 10.9. The summed E-state index contributed by atoms with van der Waals surface area (Å²) in [5.74, 6) is -0.833. The van der Waals surface area contributed by atoms with E-state index in [1.54, 1.807) is 5.21 Å². The van der Waals surface area contributed by atoms with E-state index in [4.69, 9.17) is 15.6 Å². The van der Waals surface area contributed by atoms with Gasteiger partial charge in [-0.1, -0.05) is 39.0 Å². The van der Waals surface area contributed by atoms with Crippen LogP contribution in [0.15, 0.2) is 0 Å². The molecule has 0 saturated heterocycles. The van der Waals surface area contributed by atoms with Crippen molar-refractivity contribution in [3.63, 3.8) is 0 Å². The van der Waals surface area contributed by atoms with Crippen molar-refractivity contribution in [1.82, 2.24) is 0 Å². The van der Waals surface area contributed by atoms with E-state index in [0.29, 0.717) is 15.8 Å². The summed E-state index contributed by atoms with van der Waals surface area (Å²) in [6.07, 6.45) is 24.9. The van der Waals surface area contributed by atoms with E-state index in [0.717, 1.165) is 13.5 Å². The number of aliphatic carboxylic acids is 1. The molecule has 0 aliphatic rings. The molecule has 164 valence electrons. The average Bonchev–Trinajstić information content (AvgIpc) is 2.63. The Bertz CT molecular complexity index is 251. The SMILES string of the molecule is CC(=O)O.CCCCCCCCCCCCCCCCCC[AsH]CCCN. The Morgan fingerprint density at radius 3 is 1.30 bits per heavy atom. The van der Waals surface area contributed by atoms with Crippen LogP contribution in [0.4, 0.5) is 0 Å². The maximum atomic E-state index is 9.00. The van der Waals surface area contributed by atoms with Crippen molar-refractivity contribution in [3.05, 3.63) is 0 Å². The van der Waals surface area contributed by atoms with Crippen LogP contribution < -0.4 is 5.73 Å². The topological polar surface area (TPSA) is 63.3 Å². The quantitative estimate of drug-likeness (QED) is 0.157. The molecular formula is C23H50AsNO2. The van der Waals surface area contributed by atoms with Crippen LogP contribution in [-0.4, -0.2) is 33.4 Å². The predicted octanol–water partition coefficient (Wildman–Crippen LogP) is 6.96. The van der Waals surface area contributed by atoms with Gasteiger partial charge in [0.1, 0.15) is 0 Å². The van der Waals surface area contributed by atoms with Gasteiger partial charge in [0, 0.05) is 6.92 Å². The van der Waals surface area contributed by atoms with Crippen molar-refractivity contribution in [2.45, 2.75) is 133 Å². The first kappa shape index (κ1) is 29.2. The molecule has 0 rings (SSSR count). The molecule has 3 N–H and O–H groups in total. The third-order valence-electron chi connectivity index (χ3n) is 4.76. The van der Waals surface area contributed by atoms with Crippen molar-refractivity contribution < 1.29 is 9.90 Å². The number of hydrogen-bond donors (Lipinski definition) is 2. The zero-order valence-electron chi connectivity index (χ0n) is 18.6. The number of carboxylic acids is 1. The molecule has 0 aromatic carbocycles. The minimum atomic E-state index is -0.833. The first-order chi connectivity index (χ1) is 13.1. The zero-order valence-corrected chi connectivity index (χ0v) is 20.7. The first-order valence-corrected chi connectivity index (χ1v) is 14.7. The van der Waals surface area contributed by atoms with E-state index >= 15 is 0 Å². The van der Waals surface area contributed by atoms with Crippen LogP contribution in [0, 0.1) is 0 Å². The first-order valence-electron chi connectivity index (χ1n) is 11.8. The van der Waals surface area contributed by atoms with Gasteiger partial charge in [0.05, 0.1) is 0 Å². The molecule has 0 saturated carbocycles. The molecule has 4 heteroatoms. The molecular weight excluding hydrogens is 397 g/mol. The Labute approximate surface area is 177 Å². The molecule has 1 unspecified atom stereocenters. The molecule has 0 bridgehead atoms. The Morgan fingerprint density at radius 1 is 0.667 bits per heavy atom. The van der Waals surface area contributed by atoms with E-state index in [-0.39, 0.29) is 0 Å². The molecule has 0 aliphatic heterocycles. The zero-order chi connectivity index (χ0) is 20.4. The minimum absolute atomic E-state index is 0.370. The molecule has 0 amide bonds. The fourth-order valence-electron chi connectivity index (χ4n) is 3.15. The molecule has 0 aromatic rings. The van der Waals surface area contributed by atoms with Gasteiger partial charge in [-0.15, -0.1) is 0 Å². The number of carbonyl (C=O) groups is 1. The van der Waals surface area contributed by atoms with Gasteiger partial charge in [-0.05, 0) is 0 Å². The van der Waals surface area contributed by atoms with Gasteiger partial charge < -0.3 is 5.11 Å². The van der Waals surface area contributed by atoms with Crippen molar-refractivity contribution in [3.8, 4) is 0 Å². The summed E-state index contributed by atoms with van der Waals surface area (Å²) in [6, 6.07) is 0. The summed E-state index contributed by atoms with van der Waals surface area (Å²) in [6.45, 7) is 4.29. The summed E-state index contributed by atoms with van der Waals surface area (Å²) >= 11 is 0.370. The Kier molecular flexibility index (Phi) is 30.5. The summed E-state index contributed by atoms with van der Waals surface area (Å²) in [5.41, 5.74) is 5.53. The van der Waals surface area contributed by atoms with Crippen molar-refractivity contribution in [1.29, 1.82) is 0 Å². The van der Waals surface area contributed by atoms with E-state index in [9.17, 15) is 0 Å². The van der Waals surface area contributed by atoms with E-state index in [1.165, 1.54) is 114 Å². The average molecular weight is 448 g/mol. The molecule has 3 nitrogen and oxygen atoms in total. The third-order valence-corrected chi connectivity index (χ3v) is 7.73. The van der Waals surface area contributed by atoms with Crippen LogP contribution in [0.25, 0.3) is 0 Å². The number of rotatable bonds is 20. The van der Waals surface area contributed by atoms with E-state index < -0.39 is 5.97 Å². The molecule has 0 aromatic heterocycles. The van der Waals surface area contributed by atoms with Gasteiger partial charge in [-0.2, -0.15) is 0 Å². The maximum absolute atomic E-state index is 9.00. The summed E-state index contributed by atoms with van der Waals surface area (Å²) < 4.78 is 0. The fourth-order valence-corrected chi connectivity index (χ4v) is 5.68. The third kappa shape index (κ3) is 37.4. The molecule has 1 atom stereocenters. The van der Waals surface area contributed by atoms with Crippen LogP contribution in [-0.2, 0) is 4.79 Å². The fraction of sp³-hybridized carbons (Fsp3) is 0.957. The van der Waals surface area contributed by atoms with E-state index in [1.807, 2.05) is 0 Å². The number of unbranched alkanes of at least 4 members (excludes halogenated alkanes) is 15. The van der Waals surface area contributed by atoms with Gasteiger partial charge >= 0.3 is 115 Å². The molecule has 0 heterocycles. The van der Waals surface area contributed by atoms with Gasteiger partial charge in [0.25, 0.3) is 5.97 Å². The van der Waals surface area contributed by atoms with Gasteiger partial charge in [-0.3, -0.25) is 4.79 Å². The van der Waals surface area contributed by atoms with Gasteiger partial charge in [-0.25, -0.2) is 0 Å². The summed E-state index contributed by atoms with van der Waals surface area (Å²) in [4.78, 5) is 9.00. The van der Waals surface area contributed by atoms with Crippen LogP contribution in [0.2, 0.25) is 10.4 Å². The number of nitrogens with two attached hydrogens (primary N) is 1. The summed E-state index contributed by atoms with van der Waals surface area (Å²) in [5, 5.41) is 10.4. The second-order valence-electron chi connectivity index (χ2n) is 7.71. The van der Waals surface area contributed by atoms with Crippen molar-refractivity contribution in [2.75, 3.05) is 6.54 Å². The molecule has 0 spiro atoms. The second kappa shape index (κ2) is 28.2. The number of hydrogen-bond acceptors (Lipinski definition) is 2. The van der Waals surface area contributed by atoms with E-state index in [2.05, 4.69) is 6.92 Å². The van der Waals surface area contributed by atoms with Crippen LogP contribution in [0.1, 0.15) is 123 Å². The molecule has 27 heavy (non-hydrogen) atoms. The number of carboxylic acid groups (broad SMARTS) is 1. The Hall–Kier alpha value is -0.0116. The molecule has 0 aliphatic carbocycles. The molecule has 0 fully saturated rings. The van der Waals surface area contributed by atoms with Crippen LogP contribution in [0.5, 0.6) is 0 Å². The van der Waals surface area contributed by atoms with Gasteiger partial charge in [0.2, 0.25) is 0 Å². The van der Waals surface area contributed by atoms with Crippen LogP contribution in [0.3, 0.4) is 0 Å². The van der Waals surface area contributed by atoms with Gasteiger partial charge in [0.15, 0.2) is 0 Å². The summed E-state index contributed by atoms with van der Waals surface area (Å²) in [7, 11) is 0. The Morgan fingerprint density at radius 2 is 0.963 bits per heavy atom. The predicted molar refractivity (Wildman–Crippen MR) is 123 cm³/mol. The Balaban J connectivity index is 0. The normalized spacial score (nSPS) is 10.9.